The number of ether oxygens (including phenoxy) is 1. The van der Waals surface area contributed by atoms with Gasteiger partial charge in [-0.3, -0.25) is 9.59 Å². The average Bonchev–Trinajstić information content (AvgIpc) is 3.09. The number of aromatic nitrogens is 2. The summed E-state index contributed by atoms with van der Waals surface area (Å²) in [5, 5.41) is 3.94. The first-order valence-corrected chi connectivity index (χ1v) is 10.0. The number of hydrogen-bond acceptors (Lipinski definition) is 6. The molecule has 0 N–H and O–H groups in total. The van der Waals surface area contributed by atoms with E-state index in [1.807, 2.05) is 38.1 Å². The summed E-state index contributed by atoms with van der Waals surface area (Å²) in [6.45, 7) is 6.97. The van der Waals surface area contributed by atoms with Crippen LogP contribution in [0.2, 0.25) is 0 Å². The Morgan fingerprint density at radius 2 is 2.07 bits per heavy atom. The lowest BCUT2D eigenvalue weighted by Gasteiger charge is -2.41. The number of nitrogens with zero attached hydrogens (tertiary/aromatic N) is 3. The number of aryl methyl sites for hydroxylation is 2. The minimum Gasteiger partial charge on any atom is -0.466 e. The highest BCUT2D eigenvalue weighted by molar-refractivity contribution is 7.07. The van der Waals surface area contributed by atoms with Gasteiger partial charge >= 0.3 is 5.97 Å². The van der Waals surface area contributed by atoms with Crippen LogP contribution in [0.4, 0.5) is 0 Å². The third-order valence-corrected chi connectivity index (χ3v) is 6.02. The molecule has 7 heteroatoms. The van der Waals surface area contributed by atoms with E-state index in [0.717, 1.165) is 29.1 Å². The molecule has 0 bridgehead atoms. The highest BCUT2D eigenvalue weighted by atomic mass is 32.1. The zero-order valence-corrected chi connectivity index (χ0v) is 16.8. The van der Waals surface area contributed by atoms with Crippen LogP contribution in [-0.4, -0.2) is 46.1 Å². The van der Waals surface area contributed by atoms with Crippen molar-refractivity contribution in [1.82, 2.24) is 14.5 Å². The molecule has 0 aliphatic carbocycles. The van der Waals surface area contributed by atoms with E-state index in [1.165, 1.54) is 0 Å². The molecule has 2 aromatic rings. The fourth-order valence-corrected chi connectivity index (χ4v) is 4.34. The Hall–Kier alpha value is -2.28. The molecule has 1 unspecified atom stereocenters. The highest BCUT2D eigenvalue weighted by Gasteiger charge is 2.45. The van der Waals surface area contributed by atoms with Crippen LogP contribution < -0.4 is 0 Å². The van der Waals surface area contributed by atoms with E-state index in [9.17, 15) is 9.59 Å². The van der Waals surface area contributed by atoms with Crippen molar-refractivity contribution < 1.29 is 14.3 Å². The lowest BCUT2D eigenvalue weighted by Crippen LogP contribution is -2.51. The number of esters is 1. The molecule has 6 nitrogen and oxygen atoms in total. The van der Waals surface area contributed by atoms with Crippen LogP contribution in [0, 0.1) is 19.3 Å². The lowest BCUT2D eigenvalue weighted by atomic mass is 9.74. The van der Waals surface area contributed by atoms with Gasteiger partial charge in [0.2, 0.25) is 0 Å². The minimum atomic E-state index is -0.720. The zero-order valence-electron chi connectivity index (χ0n) is 16.0. The molecule has 1 amide bonds. The zero-order chi connectivity index (χ0) is 19.4. The van der Waals surface area contributed by atoms with Crippen molar-refractivity contribution in [3.63, 3.8) is 0 Å². The van der Waals surface area contributed by atoms with Crippen LogP contribution in [0.3, 0.4) is 0 Å². The van der Waals surface area contributed by atoms with Gasteiger partial charge in [0.1, 0.15) is 4.88 Å². The Morgan fingerprint density at radius 1 is 1.30 bits per heavy atom. The first-order valence-electron chi connectivity index (χ1n) is 9.27. The number of carbonyl (C=O) groups is 2. The largest absolute Gasteiger partial charge is 0.466 e. The first kappa shape index (κ1) is 19.5. The van der Waals surface area contributed by atoms with Gasteiger partial charge in [-0.15, -0.1) is 5.10 Å². The molecular formula is C20H25N3O3S. The van der Waals surface area contributed by atoms with Crippen molar-refractivity contribution in [1.29, 1.82) is 0 Å². The number of benzene rings is 1. The molecule has 1 fully saturated rings. The summed E-state index contributed by atoms with van der Waals surface area (Å²) in [7, 11) is 0. The monoisotopic (exact) mass is 387 g/mol. The van der Waals surface area contributed by atoms with Gasteiger partial charge in [0.05, 0.1) is 17.7 Å². The van der Waals surface area contributed by atoms with Gasteiger partial charge in [0.15, 0.2) is 0 Å². The second-order valence-corrected chi connectivity index (χ2v) is 7.88. The summed E-state index contributed by atoms with van der Waals surface area (Å²) in [5.74, 6) is -0.314. The van der Waals surface area contributed by atoms with E-state index in [4.69, 9.17) is 4.74 Å². The molecule has 0 spiro atoms. The van der Waals surface area contributed by atoms with Crippen molar-refractivity contribution >= 4 is 23.4 Å². The van der Waals surface area contributed by atoms with Crippen LogP contribution >= 0.6 is 11.5 Å². The SMILES string of the molecule is CCOC(=O)C1(Cc2ccccc2C)CCCN(C(=O)c2snnc2C)C1. The van der Waals surface area contributed by atoms with Crippen LogP contribution in [0.15, 0.2) is 24.3 Å². The van der Waals surface area contributed by atoms with Gasteiger partial charge in [0, 0.05) is 13.1 Å². The van der Waals surface area contributed by atoms with Crippen LogP contribution in [0.1, 0.15) is 46.3 Å². The second kappa shape index (κ2) is 8.17. The van der Waals surface area contributed by atoms with E-state index in [-0.39, 0.29) is 11.9 Å². The summed E-state index contributed by atoms with van der Waals surface area (Å²) in [4.78, 5) is 28.3. The molecule has 144 valence electrons. The van der Waals surface area contributed by atoms with Gasteiger partial charge in [-0.05, 0) is 62.7 Å². The molecular weight excluding hydrogens is 362 g/mol. The number of rotatable bonds is 5. The van der Waals surface area contributed by atoms with E-state index < -0.39 is 5.41 Å². The van der Waals surface area contributed by atoms with Crippen molar-refractivity contribution in [3.8, 4) is 0 Å². The normalized spacial score (nSPS) is 19.7. The molecule has 1 aromatic heterocycles. The smallest absolute Gasteiger partial charge is 0.314 e. The van der Waals surface area contributed by atoms with Crippen molar-refractivity contribution in [3.05, 3.63) is 46.0 Å². The minimum absolute atomic E-state index is 0.0966. The Morgan fingerprint density at radius 3 is 2.74 bits per heavy atom. The average molecular weight is 388 g/mol. The summed E-state index contributed by atoms with van der Waals surface area (Å²) in [5.41, 5.74) is 2.18. The van der Waals surface area contributed by atoms with E-state index >= 15 is 0 Å². The van der Waals surface area contributed by atoms with Crippen LogP contribution in [0.25, 0.3) is 0 Å². The number of piperidine rings is 1. The van der Waals surface area contributed by atoms with Crippen molar-refractivity contribution in [2.45, 2.75) is 40.0 Å². The lowest BCUT2D eigenvalue weighted by molar-refractivity contribution is -0.158. The van der Waals surface area contributed by atoms with Gasteiger partial charge in [0.25, 0.3) is 5.91 Å². The van der Waals surface area contributed by atoms with Gasteiger partial charge < -0.3 is 9.64 Å². The Kier molecular flexibility index (Phi) is 5.89. The summed E-state index contributed by atoms with van der Waals surface area (Å²) in [6.07, 6.45) is 2.05. The molecule has 27 heavy (non-hydrogen) atoms. The van der Waals surface area contributed by atoms with Crippen LogP contribution in [-0.2, 0) is 16.0 Å². The Bertz CT molecular complexity index is 835. The quantitative estimate of drug-likeness (QED) is 0.737. The molecule has 1 atom stereocenters. The second-order valence-electron chi connectivity index (χ2n) is 7.12. The van der Waals surface area contributed by atoms with E-state index in [2.05, 4.69) is 9.59 Å². The van der Waals surface area contributed by atoms with Gasteiger partial charge in [-0.2, -0.15) is 0 Å². The number of hydrogen-bond donors (Lipinski definition) is 0. The molecule has 1 aliphatic rings. The highest BCUT2D eigenvalue weighted by Crippen LogP contribution is 2.37. The third-order valence-electron chi connectivity index (χ3n) is 5.21. The predicted octanol–water partition coefficient (Wildman–Crippen LogP) is 3.18. The number of amides is 1. The summed E-state index contributed by atoms with van der Waals surface area (Å²) >= 11 is 1.11. The maximum absolute atomic E-state index is 13.0. The fraction of sp³-hybridized carbons (Fsp3) is 0.500. The van der Waals surface area contributed by atoms with E-state index in [0.29, 0.717) is 43.1 Å². The summed E-state index contributed by atoms with van der Waals surface area (Å²) in [6, 6.07) is 8.08. The Balaban J connectivity index is 1.90. The van der Waals surface area contributed by atoms with Crippen molar-refractivity contribution in [2.75, 3.05) is 19.7 Å². The Labute approximate surface area is 163 Å². The molecule has 3 rings (SSSR count). The van der Waals surface area contributed by atoms with Gasteiger partial charge in [-0.1, -0.05) is 28.8 Å². The van der Waals surface area contributed by atoms with E-state index in [1.54, 1.807) is 11.8 Å². The fourth-order valence-electron chi connectivity index (χ4n) is 3.72. The first-order chi connectivity index (χ1) is 13.0. The predicted molar refractivity (Wildman–Crippen MR) is 104 cm³/mol. The van der Waals surface area contributed by atoms with Crippen LogP contribution in [0.5, 0.6) is 0 Å². The molecule has 1 aliphatic heterocycles. The molecule has 0 radical (unpaired) electrons. The molecule has 1 saturated heterocycles. The summed E-state index contributed by atoms with van der Waals surface area (Å²) < 4.78 is 9.31. The maximum atomic E-state index is 13.0. The van der Waals surface area contributed by atoms with Crippen molar-refractivity contribution in [2.24, 2.45) is 5.41 Å². The van der Waals surface area contributed by atoms with Gasteiger partial charge in [-0.25, -0.2) is 0 Å². The molecule has 0 saturated carbocycles. The third kappa shape index (κ3) is 4.03. The number of carbonyl (C=O) groups excluding carboxylic acids is 2. The maximum Gasteiger partial charge on any atom is 0.314 e. The number of likely N-dealkylation sites (tertiary alicyclic amines) is 1. The topological polar surface area (TPSA) is 72.4 Å². The standard InChI is InChI=1S/C20H25N3O3S/c1-4-26-19(25)20(12-16-9-6-5-8-14(16)2)10-7-11-23(13-20)18(24)17-15(3)21-22-27-17/h5-6,8-9H,4,7,10-13H2,1-3H3. The molecule has 1 aromatic carbocycles. The molecule has 2 heterocycles.